The fraction of sp³-hybridized carbons (Fsp3) is 0.650. The first kappa shape index (κ1) is 22.9. The molecule has 2 aromatic rings. The molecule has 0 spiro atoms. The summed E-state index contributed by atoms with van der Waals surface area (Å²) in [7, 11) is 0. The molecule has 0 aliphatic rings. The van der Waals surface area contributed by atoms with E-state index >= 15 is 0 Å². The molecule has 2 rings (SSSR count). The second kappa shape index (κ2) is 9.41. The van der Waals surface area contributed by atoms with Crippen molar-refractivity contribution in [2.45, 2.75) is 77.4 Å². The van der Waals surface area contributed by atoms with Crippen molar-refractivity contribution in [3.8, 4) is 0 Å². The highest BCUT2D eigenvalue weighted by molar-refractivity contribution is 8.00. The van der Waals surface area contributed by atoms with E-state index in [1.165, 1.54) is 23.1 Å². The molecule has 2 aromatic heterocycles. The maximum atomic E-state index is 13.2. The van der Waals surface area contributed by atoms with Gasteiger partial charge in [-0.05, 0) is 60.5 Å². The van der Waals surface area contributed by atoms with E-state index in [0.29, 0.717) is 30.3 Å². The Bertz CT molecular complexity index is 897. The average Bonchev–Trinajstić information content (AvgIpc) is 2.86. The summed E-state index contributed by atoms with van der Waals surface area (Å²) in [4.78, 5) is 32.3. The van der Waals surface area contributed by atoms with Crippen LogP contribution < -0.4 is 10.9 Å². The number of aryl methyl sites for hydroxylation is 2. The summed E-state index contributed by atoms with van der Waals surface area (Å²) in [6.07, 6.45) is 0.721. The van der Waals surface area contributed by atoms with Crippen LogP contribution in [0.15, 0.2) is 9.95 Å². The van der Waals surface area contributed by atoms with Crippen molar-refractivity contribution in [3.63, 3.8) is 0 Å². The third-order valence-electron chi connectivity index (χ3n) is 4.28. The molecule has 1 N–H and O–H groups in total. The maximum Gasteiger partial charge on any atom is 0.263 e. The van der Waals surface area contributed by atoms with Crippen LogP contribution in [0.2, 0.25) is 0 Å². The van der Waals surface area contributed by atoms with E-state index in [2.05, 4.69) is 5.32 Å². The first-order chi connectivity index (χ1) is 13.0. The summed E-state index contributed by atoms with van der Waals surface area (Å²) in [5.74, 6) is -0.0637. The van der Waals surface area contributed by atoms with Crippen molar-refractivity contribution in [1.82, 2.24) is 14.9 Å². The molecule has 0 saturated carbocycles. The van der Waals surface area contributed by atoms with Gasteiger partial charge >= 0.3 is 0 Å². The number of ether oxygens (including phenoxy) is 1. The van der Waals surface area contributed by atoms with Gasteiger partial charge in [-0.3, -0.25) is 14.2 Å². The molecule has 0 saturated heterocycles. The van der Waals surface area contributed by atoms with Gasteiger partial charge in [0.05, 0.1) is 10.6 Å². The van der Waals surface area contributed by atoms with Gasteiger partial charge in [-0.2, -0.15) is 0 Å². The molecule has 0 unspecified atom stereocenters. The lowest BCUT2D eigenvalue weighted by Gasteiger charge is -2.23. The van der Waals surface area contributed by atoms with Gasteiger partial charge in [0.15, 0.2) is 5.16 Å². The van der Waals surface area contributed by atoms with Crippen molar-refractivity contribution in [2.75, 3.05) is 13.2 Å². The van der Waals surface area contributed by atoms with Crippen LogP contribution in [0, 0.1) is 13.8 Å². The minimum absolute atomic E-state index is 0.0331. The van der Waals surface area contributed by atoms with Crippen molar-refractivity contribution < 1.29 is 9.53 Å². The fourth-order valence-corrected chi connectivity index (χ4v) is 4.75. The lowest BCUT2D eigenvalue weighted by atomic mass is 10.1. The van der Waals surface area contributed by atoms with E-state index in [4.69, 9.17) is 9.72 Å². The first-order valence-electron chi connectivity index (χ1n) is 9.62. The molecule has 0 radical (unpaired) electrons. The third kappa shape index (κ3) is 5.58. The third-order valence-corrected chi connectivity index (χ3v) is 6.47. The number of rotatable bonds is 8. The van der Waals surface area contributed by atoms with E-state index in [1.807, 2.05) is 48.5 Å². The second-order valence-corrected chi connectivity index (χ2v) is 10.4. The van der Waals surface area contributed by atoms with Crippen molar-refractivity contribution in [3.05, 3.63) is 20.8 Å². The highest BCUT2D eigenvalue weighted by atomic mass is 32.2. The molecular formula is C20H31N3O3S2. The van der Waals surface area contributed by atoms with Crippen LogP contribution in [-0.2, 0) is 16.1 Å². The maximum absolute atomic E-state index is 13.2. The minimum Gasteiger partial charge on any atom is -0.382 e. The Morgan fingerprint density at radius 2 is 2.04 bits per heavy atom. The number of nitrogens with one attached hydrogen (secondary N) is 1. The van der Waals surface area contributed by atoms with Crippen molar-refractivity contribution in [1.29, 1.82) is 0 Å². The first-order valence-corrected chi connectivity index (χ1v) is 11.3. The number of carbonyl (C=O) groups is 1. The zero-order chi connectivity index (χ0) is 21.1. The van der Waals surface area contributed by atoms with Gasteiger partial charge in [0.2, 0.25) is 5.91 Å². The summed E-state index contributed by atoms with van der Waals surface area (Å²) in [6, 6.07) is 0. The number of nitrogens with zero attached hydrogens (tertiary/aromatic N) is 2. The van der Waals surface area contributed by atoms with E-state index in [1.54, 1.807) is 4.57 Å². The van der Waals surface area contributed by atoms with Crippen molar-refractivity contribution in [2.24, 2.45) is 0 Å². The van der Waals surface area contributed by atoms with Crippen LogP contribution in [0.4, 0.5) is 0 Å². The number of hydrogen-bond acceptors (Lipinski definition) is 6. The molecule has 8 heteroatoms. The summed E-state index contributed by atoms with van der Waals surface area (Å²) >= 11 is 2.86. The molecule has 156 valence electrons. The van der Waals surface area contributed by atoms with Crippen LogP contribution in [0.1, 0.15) is 51.5 Å². The molecule has 28 heavy (non-hydrogen) atoms. The SMILES string of the molecule is CCOCCCn1c(S[C@@H](C)C(=O)NC(C)(C)C)nc2sc(C)c(C)c2c1=O. The van der Waals surface area contributed by atoms with E-state index in [-0.39, 0.29) is 22.3 Å². The fourth-order valence-electron chi connectivity index (χ4n) is 2.75. The summed E-state index contributed by atoms with van der Waals surface area (Å²) in [5.41, 5.74) is 0.656. The van der Waals surface area contributed by atoms with Gasteiger partial charge in [-0.1, -0.05) is 11.8 Å². The number of fused-ring (bicyclic) bond motifs is 1. The van der Waals surface area contributed by atoms with E-state index in [9.17, 15) is 9.59 Å². The Labute approximate surface area is 175 Å². The highest BCUT2D eigenvalue weighted by Gasteiger charge is 2.23. The monoisotopic (exact) mass is 425 g/mol. The lowest BCUT2D eigenvalue weighted by molar-refractivity contribution is -0.121. The quantitative estimate of drug-likeness (QED) is 0.394. The van der Waals surface area contributed by atoms with Crippen LogP contribution in [0.3, 0.4) is 0 Å². The molecule has 1 atom stereocenters. The van der Waals surface area contributed by atoms with Gasteiger partial charge < -0.3 is 10.1 Å². The lowest BCUT2D eigenvalue weighted by Crippen LogP contribution is -2.44. The number of thiophene rings is 1. The summed E-state index contributed by atoms with van der Waals surface area (Å²) in [5, 5.41) is 3.91. The largest absolute Gasteiger partial charge is 0.382 e. The molecule has 2 heterocycles. The number of amides is 1. The number of carbonyl (C=O) groups excluding carboxylic acids is 1. The Balaban J connectivity index is 2.38. The number of thioether (sulfide) groups is 1. The predicted molar refractivity (Wildman–Crippen MR) is 118 cm³/mol. The normalized spacial score (nSPS) is 13.1. The van der Waals surface area contributed by atoms with Crippen LogP contribution >= 0.6 is 23.1 Å². The van der Waals surface area contributed by atoms with E-state index in [0.717, 1.165) is 21.7 Å². The van der Waals surface area contributed by atoms with Gasteiger partial charge in [0.25, 0.3) is 5.56 Å². The summed E-state index contributed by atoms with van der Waals surface area (Å²) in [6.45, 7) is 15.4. The van der Waals surface area contributed by atoms with Crippen LogP contribution in [-0.4, -0.2) is 39.5 Å². The predicted octanol–water partition coefficient (Wildman–Crippen LogP) is 3.90. The van der Waals surface area contributed by atoms with Gasteiger partial charge in [0, 0.05) is 30.2 Å². The molecule has 6 nitrogen and oxygen atoms in total. The molecule has 0 bridgehead atoms. The zero-order valence-corrected chi connectivity index (χ0v) is 19.5. The molecule has 0 fully saturated rings. The minimum atomic E-state index is -0.358. The van der Waals surface area contributed by atoms with Crippen molar-refractivity contribution >= 4 is 39.2 Å². The Morgan fingerprint density at radius 1 is 1.36 bits per heavy atom. The average molecular weight is 426 g/mol. The Hall–Kier alpha value is -1.38. The smallest absolute Gasteiger partial charge is 0.263 e. The molecule has 0 aliphatic carbocycles. The number of hydrogen-bond donors (Lipinski definition) is 1. The van der Waals surface area contributed by atoms with Gasteiger partial charge in [-0.25, -0.2) is 4.98 Å². The second-order valence-electron chi connectivity index (χ2n) is 7.86. The Morgan fingerprint density at radius 3 is 2.64 bits per heavy atom. The molecular weight excluding hydrogens is 394 g/mol. The van der Waals surface area contributed by atoms with Crippen LogP contribution in [0.5, 0.6) is 0 Å². The topological polar surface area (TPSA) is 73.2 Å². The van der Waals surface area contributed by atoms with Gasteiger partial charge in [0.1, 0.15) is 4.83 Å². The van der Waals surface area contributed by atoms with E-state index < -0.39 is 0 Å². The highest BCUT2D eigenvalue weighted by Crippen LogP contribution is 2.30. The molecule has 0 aromatic carbocycles. The van der Waals surface area contributed by atoms with Crippen LogP contribution in [0.25, 0.3) is 10.2 Å². The number of aromatic nitrogens is 2. The standard InChI is InChI=1S/C20H31N3O3S2/c1-8-26-11-9-10-23-18(25)15-12(2)13(3)27-17(15)21-19(23)28-14(4)16(24)22-20(5,6)7/h14H,8-11H2,1-7H3,(H,22,24)/t14-/m0/s1. The summed E-state index contributed by atoms with van der Waals surface area (Å²) < 4.78 is 7.12. The Kier molecular flexibility index (Phi) is 7.70. The van der Waals surface area contributed by atoms with Gasteiger partial charge in [-0.15, -0.1) is 11.3 Å². The molecule has 1 amide bonds. The molecule has 0 aliphatic heterocycles. The zero-order valence-electron chi connectivity index (χ0n) is 17.8.